The minimum Gasteiger partial charge on any atom is -0.497 e. The summed E-state index contributed by atoms with van der Waals surface area (Å²) >= 11 is 0. The van der Waals surface area contributed by atoms with Crippen molar-refractivity contribution in [2.24, 2.45) is 10.9 Å². The highest BCUT2D eigenvalue weighted by Crippen LogP contribution is 2.16. The third-order valence-electron chi connectivity index (χ3n) is 4.70. The zero-order chi connectivity index (χ0) is 17.9. The van der Waals surface area contributed by atoms with Crippen LogP contribution in [0.15, 0.2) is 29.3 Å². The number of piperidine rings is 1. The first kappa shape index (κ1) is 19.6. The summed E-state index contributed by atoms with van der Waals surface area (Å²) in [6, 6.07) is 8.09. The van der Waals surface area contributed by atoms with Gasteiger partial charge in [-0.05, 0) is 69.4 Å². The van der Waals surface area contributed by atoms with Gasteiger partial charge in [-0.3, -0.25) is 0 Å². The molecule has 1 aliphatic rings. The van der Waals surface area contributed by atoms with Crippen LogP contribution in [0.1, 0.15) is 38.7 Å². The van der Waals surface area contributed by atoms with Gasteiger partial charge < -0.3 is 20.3 Å². The average molecular weight is 347 g/mol. The zero-order valence-corrected chi connectivity index (χ0v) is 16.1. The van der Waals surface area contributed by atoms with Crippen LogP contribution in [0.2, 0.25) is 0 Å². The molecule has 0 radical (unpaired) electrons. The molecule has 0 aromatic heterocycles. The van der Waals surface area contributed by atoms with Gasteiger partial charge in [-0.25, -0.2) is 4.99 Å². The number of ether oxygens (including phenoxy) is 1. The Morgan fingerprint density at radius 3 is 2.72 bits per heavy atom. The van der Waals surface area contributed by atoms with Crippen LogP contribution in [0.3, 0.4) is 0 Å². The number of hydrogen-bond acceptors (Lipinski definition) is 3. The monoisotopic (exact) mass is 346 g/mol. The van der Waals surface area contributed by atoms with Crippen molar-refractivity contribution in [2.75, 3.05) is 39.8 Å². The first-order valence-electron chi connectivity index (χ1n) is 9.62. The van der Waals surface area contributed by atoms with Gasteiger partial charge in [-0.1, -0.05) is 19.1 Å². The number of nitrogens with one attached hydrogen (secondary N) is 2. The van der Waals surface area contributed by atoms with Crippen LogP contribution in [0.4, 0.5) is 0 Å². The molecule has 5 heteroatoms. The van der Waals surface area contributed by atoms with Crippen LogP contribution >= 0.6 is 0 Å². The van der Waals surface area contributed by atoms with Crippen molar-refractivity contribution in [3.8, 4) is 5.75 Å². The summed E-state index contributed by atoms with van der Waals surface area (Å²) in [7, 11) is 1.69. The highest BCUT2D eigenvalue weighted by atomic mass is 16.5. The largest absolute Gasteiger partial charge is 0.497 e. The quantitative estimate of drug-likeness (QED) is 0.561. The fourth-order valence-corrected chi connectivity index (χ4v) is 3.25. The van der Waals surface area contributed by atoms with E-state index >= 15 is 0 Å². The lowest BCUT2D eigenvalue weighted by Gasteiger charge is -2.32. The van der Waals surface area contributed by atoms with Crippen molar-refractivity contribution in [3.05, 3.63) is 29.8 Å². The van der Waals surface area contributed by atoms with E-state index in [0.29, 0.717) is 6.54 Å². The Morgan fingerprint density at radius 2 is 2.04 bits per heavy atom. The van der Waals surface area contributed by atoms with E-state index in [-0.39, 0.29) is 0 Å². The van der Waals surface area contributed by atoms with Crippen molar-refractivity contribution in [2.45, 2.75) is 39.7 Å². The summed E-state index contributed by atoms with van der Waals surface area (Å²) in [5.41, 5.74) is 1.16. The maximum absolute atomic E-state index is 5.28. The Morgan fingerprint density at radius 1 is 1.24 bits per heavy atom. The predicted molar refractivity (Wildman–Crippen MR) is 105 cm³/mol. The summed E-state index contributed by atoms with van der Waals surface area (Å²) in [4.78, 5) is 7.30. The predicted octanol–water partition coefficient (Wildman–Crippen LogP) is 2.87. The second kappa shape index (κ2) is 11.0. The fourth-order valence-electron chi connectivity index (χ4n) is 3.25. The van der Waals surface area contributed by atoms with E-state index in [2.05, 4.69) is 35.4 Å². The van der Waals surface area contributed by atoms with E-state index in [1.54, 1.807) is 7.11 Å². The molecular formula is C20H34N4O. The molecule has 1 fully saturated rings. The molecule has 1 saturated heterocycles. The molecule has 0 saturated carbocycles. The number of hydrogen-bond donors (Lipinski definition) is 2. The molecule has 1 aromatic rings. The van der Waals surface area contributed by atoms with Crippen LogP contribution in [-0.2, 0) is 6.54 Å². The standard InChI is InChI=1S/C20H34N4O/c1-4-11-24-12-9-17(10-13-24)15-22-20(21-5-2)23-16-18-7-6-8-19(14-18)25-3/h6-8,14,17H,4-5,9-13,15-16H2,1-3H3,(H2,21,22,23). The Hall–Kier alpha value is -1.75. The van der Waals surface area contributed by atoms with Crippen LogP contribution in [0.25, 0.3) is 0 Å². The number of benzene rings is 1. The molecule has 0 spiro atoms. The molecule has 0 unspecified atom stereocenters. The highest BCUT2D eigenvalue weighted by molar-refractivity contribution is 5.79. The maximum Gasteiger partial charge on any atom is 0.191 e. The van der Waals surface area contributed by atoms with Crippen molar-refractivity contribution in [1.82, 2.24) is 15.5 Å². The number of nitrogens with zero attached hydrogens (tertiary/aromatic N) is 2. The van der Waals surface area contributed by atoms with Crippen molar-refractivity contribution >= 4 is 5.96 Å². The Balaban J connectivity index is 1.81. The Kier molecular flexibility index (Phi) is 8.60. The summed E-state index contributed by atoms with van der Waals surface area (Å²) in [5.74, 6) is 2.53. The molecule has 5 nitrogen and oxygen atoms in total. The number of methoxy groups -OCH3 is 1. The zero-order valence-electron chi connectivity index (χ0n) is 16.1. The molecule has 0 amide bonds. The van der Waals surface area contributed by atoms with Gasteiger partial charge in [-0.2, -0.15) is 0 Å². The van der Waals surface area contributed by atoms with Crippen molar-refractivity contribution < 1.29 is 4.74 Å². The second-order valence-corrected chi connectivity index (χ2v) is 6.71. The van der Waals surface area contributed by atoms with Gasteiger partial charge >= 0.3 is 0 Å². The van der Waals surface area contributed by atoms with Crippen LogP contribution in [0, 0.1) is 5.92 Å². The first-order valence-corrected chi connectivity index (χ1v) is 9.62. The number of likely N-dealkylation sites (tertiary alicyclic amines) is 1. The normalized spacial score (nSPS) is 16.7. The average Bonchev–Trinajstić information content (AvgIpc) is 2.65. The molecule has 1 aliphatic heterocycles. The number of aliphatic imine (C=N–C) groups is 1. The summed E-state index contributed by atoms with van der Waals surface area (Å²) in [5, 5.41) is 6.87. The van der Waals surface area contributed by atoms with Crippen LogP contribution < -0.4 is 15.4 Å². The van der Waals surface area contributed by atoms with Gasteiger partial charge in [0.1, 0.15) is 5.75 Å². The minimum atomic E-state index is 0.654. The Bertz CT molecular complexity index is 524. The smallest absolute Gasteiger partial charge is 0.191 e. The number of rotatable bonds is 8. The molecule has 140 valence electrons. The van der Waals surface area contributed by atoms with E-state index in [9.17, 15) is 0 Å². The second-order valence-electron chi connectivity index (χ2n) is 6.71. The molecule has 25 heavy (non-hydrogen) atoms. The molecule has 2 N–H and O–H groups in total. The lowest BCUT2D eigenvalue weighted by atomic mass is 9.97. The molecule has 2 rings (SSSR count). The SMILES string of the molecule is CCCN1CCC(CNC(=NCc2cccc(OC)c2)NCC)CC1. The molecule has 1 aromatic carbocycles. The topological polar surface area (TPSA) is 48.9 Å². The molecule has 0 atom stereocenters. The van der Waals surface area contributed by atoms with Crippen molar-refractivity contribution in [3.63, 3.8) is 0 Å². The van der Waals surface area contributed by atoms with Gasteiger partial charge in [0, 0.05) is 13.1 Å². The maximum atomic E-state index is 5.28. The minimum absolute atomic E-state index is 0.654. The van der Waals surface area contributed by atoms with Gasteiger partial charge in [-0.15, -0.1) is 0 Å². The van der Waals surface area contributed by atoms with Gasteiger partial charge in [0.2, 0.25) is 0 Å². The number of guanidine groups is 1. The van der Waals surface area contributed by atoms with Crippen LogP contribution in [0.5, 0.6) is 5.75 Å². The first-order chi connectivity index (χ1) is 12.2. The fraction of sp³-hybridized carbons (Fsp3) is 0.650. The third kappa shape index (κ3) is 6.94. The Labute approximate surface area is 152 Å². The summed E-state index contributed by atoms with van der Waals surface area (Å²) in [6.45, 7) is 10.6. The third-order valence-corrected chi connectivity index (χ3v) is 4.70. The van der Waals surface area contributed by atoms with Crippen molar-refractivity contribution in [1.29, 1.82) is 0 Å². The lowest BCUT2D eigenvalue weighted by molar-refractivity contribution is 0.185. The summed E-state index contributed by atoms with van der Waals surface area (Å²) in [6.07, 6.45) is 3.81. The molecular weight excluding hydrogens is 312 g/mol. The molecule has 0 bridgehead atoms. The van der Waals surface area contributed by atoms with E-state index in [1.165, 1.54) is 38.9 Å². The van der Waals surface area contributed by atoms with E-state index in [0.717, 1.165) is 36.3 Å². The lowest BCUT2D eigenvalue weighted by Crippen LogP contribution is -2.43. The summed E-state index contributed by atoms with van der Waals surface area (Å²) < 4.78 is 5.28. The van der Waals surface area contributed by atoms with Crippen LogP contribution in [-0.4, -0.2) is 50.7 Å². The van der Waals surface area contributed by atoms with E-state index in [4.69, 9.17) is 9.73 Å². The van der Waals surface area contributed by atoms with Gasteiger partial charge in [0.05, 0.1) is 13.7 Å². The van der Waals surface area contributed by atoms with E-state index in [1.807, 2.05) is 18.2 Å². The van der Waals surface area contributed by atoms with E-state index < -0.39 is 0 Å². The van der Waals surface area contributed by atoms with Gasteiger partial charge in [0.15, 0.2) is 5.96 Å². The molecule has 0 aliphatic carbocycles. The van der Waals surface area contributed by atoms with Gasteiger partial charge in [0.25, 0.3) is 0 Å². The highest BCUT2D eigenvalue weighted by Gasteiger charge is 2.18. The molecule has 1 heterocycles.